The van der Waals surface area contributed by atoms with Crippen LogP contribution in [-0.2, 0) is 0 Å². The Labute approximate surface area is 121 Å². The maximum atomic E-state index is 5.82. The standard InChI is InChI=1S/C12H17BrClN3O/c1-18-11-10(13)7-15-12(16-11)17-6-2-3-9(8-17)4-5-14/h7,9H,2-6,8H2,1H3. The molecule has 1 fully saturated rings. The van der Waals surface area contributed by atoms with Crippen molar-refractivity contribution in [2.45, 2.75) is 19.3 Å². The van der Waals surface area contributed by atoms with E-state index in [2.05, 4.69) is 30.8 Å². The van der Waals surface area contributed by atoms with Crippen molar-refractivity contribution in [2.75, 3.05) is 31.0 Å². The van der Waals surface area contributed by atoms with Crippen molar-refractivity contribution in [1.29, 1.82) is 0 Å². The van der Waals surface area contributed by atoms with Crippen LogP contribution in [0, 0.1) is 5.92 Å². The third kappa shape index (κ3) is 3.26. The van der Waals surface area contributed by atoms with Crippen molar-refractivity contribution in [3.05, 3.63) is 10.7 Å². The third-order valence-electron chi connectivity index (χ3n) is 3.21. The van der Waals surface area contributed by atoms with Crippen molar-refractivity contribution in [1.82, 2.24) is 9.97 Å². The SMILES string of the molecule is COc1nc(N2CCCC(CCCl)C2)ncc1Br. The minimum Gasteiger partial charge on any atom is -0.480 e. The number of halogens is 2. The molecule has 0 saturated carbocycles. The zero-order chi connectivity index (χ0) is 13.0. The lowest BCUT2D eigenvalue weighted by Crippen LogP contribution is -2.36. The summed E-state index contributed by atoms with van der Waals surface area (Å²) < 4.78 is 5.99. The van der Waals surface area contributed by atoms with Gasteiger partial charge in [-0.2, -0.15) is 4.98 Å². The van der Waals surface area contributed by atoms with Crippen LogP contribution in [0.2, 0.25) is 0 Å². The maximum Gasteiger partial charge on any atom is 0.232 e. The molecule has 1 saturated heterocycles. The van der Waals surface area contributed by atoms with Crippen LogP contribution in [0.3, 0.4) is 0 Å². The summed E-state index contributed by atoms with van der Waals surface area (Å²) in [4.78, 5) is 11.0. The van der Waals surface area contributed by atoms with Crippen molar-refractivity contribution >= 4 is 33.5 Å². The molecule has 0 spiro atoms. The van der Waals surface area contributed by atoms with Crippen LogP contribution < -0.4 is 9.64 Å². The average Bonchev–Trinajstić information content (AvgIpc) is 2.40. The highest BCUT2D eigenvalue weighted by molar-refractivity contribution is 9.10. The normalized spacial score (nSPS) is 19.9. The molecule has 100 valence electrons. The molecule has 1 aromatic rings. The summed E-state index contributed by atoms with van der Waals surface area (Å²) in [6, 6.07) is 0. The van der Waals surface area contributed by atoms with E-state index >= 15 is 0 Å². The number of aromatic nitrogens is 2. The predicted octanol–water partition coefficient (Wildman–Crippen LogP) is 3.09. The Morgan fingerprint density at radius 3 is 3.17 bits per heavy atom. The van der Waals surface area contributed by atoms with Crippen LogP contribution in [0.1, 0.15) is 19.3 Å². The van der Waals surface area contributed by atoms with E-state index < -0.39 is 0 Å². The number of ether oxygens (including phenoxy) is 1. The number of alkyl halides is 1. The number of methoxy groups -OCH3 is 1. The average molecular weight is 335 g/mol. The number of rotatable bonds is 4. The summed E-state index contributed by atoms with van der Waals surface area (Å²) in [7, 11) is 1.61. The lowest BCUT2D eigenvalue weighted by atomic mass is 9.96. The first kappa shape index (κ1) is 13.9. The highest BCUT2D eigenvalue weighted by atomic mass is 79.9. The molecule has 1 aliphatic heterocycles. The smallest absolute Gasteiger partial charge is 0.232 e. The largest absolute Gasteiger partial charge is 0.480 e. The first-order valence-electron chi connectivity index (χ1n) is 6.12. The van der Waals surface area contributed by atoms with Gasteiger partial charge >= 0.3 is 0 Å². The lowest BCUT2D eigenvalue weighted by Gasteiger charge is -2.32. The molecule has 0 bridgehead atoms. The fourth-order valence-electron chi connectivity index (χ4n) is 2.27. The minimum absolute atomic E-state index is 0.583. The van der Waals surface area contributed by atoms with Crippen LogP contribution >= 0.6 is 27.5 Å². The second-order valence-corrected chi connectivity index (χ2v) is 5.69. The van der Waals surface area contributed by atoms with Crippen molar-refractivity contribution in [3.8, 4) is 5.88 Å². The van der Waals surface area contributed by atoms with Crippen molar-refractivity contribution < 1.29 is 4.74 Å². The highest BCUT2D eigenvalue weighted by Crippen LogP contribution is 2.27. The molecule has 0 amide bonds. The molecule has 1 unspecified atom stereocenters. The topological polar surface area (TPSA) is 38.2 Å². The lowest BCUT2D eigenvalue weighted by molar-refractivity contribution is 0.385. The van der Waals surface area contributed by atoms with Gasteiger partial charge in [-0.3, -0.25) is 0 Å². The van der Waals surface area contributed by atoms with Gasteiger partial charge in [-0.05, 0) is 41.1 Å². The van der Waals surface area contributed by atoms with Gasteiger partial charge in [0.05, 0.1) is 17.8 Å². The molecule has 2 rings (SSSR count). The van der Waals surface area contributed by atoms with E-state index in [-0.39, 0.29) is 0 Å². The van der Waals surface area contributed by atoms with Gasteiger partial charge in [0.25, 0.3) is 0 Å². The Morgan fingerprint density at radius 1 is 1.61 bits per heavy atom. The first-order chi connectivity index (χ1) is 8.74. The molecular formula is C12H17BrClN3O. The van der Waals surface area contributed by atoms with Gasteiger partial charge in [-0.25, -0.2) is 4.98 Å². The zero-order valence-electron chi connectivity index (χ0n) is 10.4. The van der Waals surface area contributed by atoms with Gasteiger partial charge < -0.3 is 9.64 Å². The van der Waals surface area contributed by atoms with Gasteiger partial charge in [0.15, 0.2) is 0 Å². The van der Waals surface area contributed by atoms with E-state index in [0.717, 1.165) is 35.8 Å². The molecule has 2 heterocycles. The Balaban J connectivity index is 2.10. The van der Waals surface area contributed by atoms with Gasteiger partial charge in [0.2, 0.25) is 11.8 Å². The zero-order valence-corrected chi connectivity index (χ0v) is 12.7. The van der Waals surface area contributed by atoms with Crippen LogP contribution in [0.5, 0.6) is 5.88 Å². The summed E-state index contributed by atoms with van der Waals surface area (Å²) in [6.07, 6.45) is 5.22. The van der Waals surface area contributed by atoms with E-state index in [1.54, 1.807) is 13.3 Å². The van der Waals surface area contributed by atoms with Gasteiger partial charge in [-0.1, -0.05) is 0 Å². The van der Waals surface area contributed by atoms with Crippen molar-refractivity contribution in [2.24, 2.45) is 5.92 Å². The van der Waals surface area contributed by atoms with Crippen LogP contribution in [0.4, 0.5) is 5.95 Å². The molecule has 0 aliphatic carbocycles. The molecule has 1 atom stereocenters. The minimum atomic E-state index is 0.583. The van der Waals surface area contributed by atoms with Gasteiger partial charge in [0.1, 0.15) is 0 Å². The monoisotopic (exact) mass is 333 g/mol. The molecule has 0 aromatic carbocycles. The summed E-state index contributed by atoms with van der Waals surface area (Å²) in [5.41, 5.74) is 0. The summed E-state index contributed by atoms with van der Waals surface area (Å²) in [5, 5.41) is 0. The number of hydrogen-bond donors (Lipinski definition) is 0. The van der Waals surface area contributed by atoms with E-state index in [1.165, 1.54) is 12.8 Å². The molecule has 1 aromatic heterocycles. The van der Waals surface area contributed by atoms with E-state index in [9.17, 15) is 0 Å². The summed E-state index contributed by atoms with van der Waals surface area (Å²) in [5.74, 6) is 2.70. The maximum absolute atomic E-state index is 5.82. The summed E-state index contributed by atoms with van der Waals surface area (Å²) in [6.45, 7) is 1.99. The number of piperidine rings is 1. The predicted molar refractivity (Wildman–Crippen MR) is 76.6 cm³/mol. The van der Waals surface area contributed by atoms with E-state index in [0.29, 0.717) is 11.8 Å². The van der Waals surface area contributed by atoms with Gasteiger partial charge in [0, 0.05) is 19.0 Å². The highest BCUT2D eigenvalue weighted by Gasteiger charge is 2.22. The number of nitrogens with zero attached hydrogens (tertiary/aromatic N) is 3. The second kappa shape index (κ2) is 6.57. The fourth-order valence-corrected chi connectivity index (χ4v) is 2.94. The third-order valence-corrected chi connectivity index (χ3v) is 3.97. The Morgan fingerprint density at radius 2 is 2.44 bits per heavy atom. The quantitative estimate of drug-likeness (QED) is 0.793. The molecular weight excluding hydrogens is 318 g/mol. The van der Waals surface area contributed by atoms with Crippen molar-refractivity contribution in [3.63, 3.8) is 0 Å². The summed E-state index contributed by atoms with van der Waals surface area (Å²) >= 11 is 9.19. The molecule has 0 radical (unpaired) electrons. The Kier molecular flexibility index (Phi) is 5.06. The Bertz CT molecular complexity index is 403. The van der Waals surface area contributed by atoms with Crippen LogP contribution in [0.25, 0.3) is 0 Å². The molecule has 4 nitrogen and oxygen atoms in total. The van der Waals surface area contributed by atoms with Crippen LogP contribution in [0.15, 0.2) is 10.7 Å². The molecule has 1 aliphatic rings. The van der Waals surface area contributed by atoms with E-state index in [4.69, 9.17) is 16.3 Å². The molecule has 0 N–H and O–H groups in total. The fraction of sp³-hybridized carbons (Fsp3) is 0.667. The van der Waals surface area contributed by atoms with Gasteiger partial charge in [-0.15, -0.1) is 11.6 Å². The second-order valence-electron chi connectivity index (χ2n) is 4.46. The van der Waals surface area contributed by atoms with E-state index in [1.807, 2.05) is 0 Å². The molecule has 18 heavy (non-hydrogen) atoms. The molecule has 6 heteroatoms. The Hall–Kier alpha value is -0.550. The number of hydrogen-bond acceptors (Lipinski definition) is 4. The number of anilines is 1. The first-order valence-corrected chi connectivity index (χ1v) is 7.44. The van der Waals surface area contributed by atoms with Crippen LogP contribution in [-0.4, -0.2) is 36.0 Å².